The number of halogens is 3. The van der Waals surface area contributed by atoms with Crippen molar-refractivity contribution < 1.29 is 32.2 Å². The second kappa shape index (κ2) is 7.83. The van der Waals surface area contributed by atoms with Crippen LogP contribution in [-0.2, 0) is 14.3 Å². The number of hydrogen-bond donors (Lipinski definition) is 1. The van der Waals surface area contributed by atoms with Crippen molar-refractivity contribution in [2.45, 2.75) is 6.36 Å². The van der Waals surface area contributed by atoms with Gasteiger partial charge in [-0.1, -0.05) is 12.1 Å². The molecule has 1 N–H and O–H groups in total. The van der Waals surface area contributed by atoms with Crippen molar-refractivity contribution in [2.24, 2.45) is 10.2 Å². The first kappa shape index (κ1) is 18.5. The van der Waals surface area contributed by atoms with Gasteiger partial charge in [-0.15, -0.1) is 18.3 Å². The molecular formula is C14H10F3N3O4S. The van der Waals surface area contributed by atoms with E-state index in [1.54, 1.807) is 0 Å². The zero-order valence-electron chi connectivity index (χ0n) is 12.5. The second-order valence-corrected chi connectivity index (χ2v) is 5.39. The minimum absolute atomic E-state index is 0.0846. The van der Waals surface area contributed by atoms with Gasteiger partial charge in [0.25, 0.3) is 5.91 Å². The Kier molecular flexibility index (Phi) is 5.80. The minimum Gasteiger partial charge on any atom is -0.466 e. The lowest BCUT2D eigenvalue weighted by Crippen LogP contribution is -2.19. The molecule has 132 valence electrons. The molecule has 1 amide bonds. The molecule has 25 heavy (non-hydrogen) atoms. The van der Waals surface area contributed by atoms with Gasteiger partial charge in [0.05, 0.1) is 18.2 Å². The van der Waals surface area contributed by atoms with Crippen molar-refractivity contribution in [3.63, 3.8) is 0 Å². The first-order chi connectivity index (χ1) is 11.8. The summed E-state index contributed by atoms with van der Waals surface area (Å²) in [6.07, 6.45) is -2.60. The summed E-state index contributed by atoms with van der Waals surface area (Å²) in [4.78, 5) is 22.8. The number of carbonyl (C=O) groups excluding carboxylic acids is 2. The van der Waals surface area contributed by atoms with Crippen molar-refractivity contribution >= 4 is 35.0 Å². The van der Waals surface area contributed by atoms with E-state index in [-0.39, 0.29) is 10.1 Å². The van der Waals surface area contributed by atoms with Gasteiger partial charge in [-0.25, -0.2) is 4.79 Å². The summed E-state index contributed by atoms with van der Waals surface area (Å²) in [5.41, 5.74) is 0.311. The van der Waals surface area contributed by atoms with Gasteiger partial charge in [0.1, 0.15) is 5.75 Å². The van der Waals surface area contributed by atoms with Crippen LogP contribution < -0.4 is 10.1 Å². The number of nitrogens with one attached hydrogen (secondary N) is 1. The number of rotatable bonds is 4. The van der Waals surface area contributed by atoms with Crippen LogP contribution in [0.15, 0.2) is 45.4 Å². The van der Waals surface area contributed by atoms with Gasteiger partial charge in [-0.3, -0.25) is 10.1 Å². The molecule has 0 unspecified atom stereocenters. The van der Waals surface area contributed by atoms with E-state index in [1.165, 1.54) is 25.5 Å². The fourth-order valence-electron chi connectivity index (χ4n) is 1.58. The Hall–Kier alpha value is -2.82. The van der Waals surface area contributed by atoms with Crippen LogP contribution in [0.2, 0.25) is 0 Å². The molecule has 0 aliphatic carbocycles. The van der Waals surface area contributed by atoms with Crippen molar-refractivity contribution in [3.8, 4) is 5.75 Å². The van der Waals surface area contributed by atoms with Gasteiger partial charge in [0, 0.05) is 6.08 Å². The van der Waals surface area contributed by atoms with Crippen LogP contribution in [0.5, 0.6) is 5.75 Å². The molecular weight excluding hydrogens is 363 g/mol. The number of thioether (sulfide) groups is 1. The number of amidine groups is 1. The fraction of sp³-hybridized carbons (Fsp3) is 0.143. The highest BCUT2D eigenvalue weighted by Gasteiger charge is 2.31. The van der Waals surface area contributed by atoms with Crippen molar-refractivity contribution in [1.82, 2.24) is 5.32 Å². The summed E-state index contributed by atoms with van der Waals surface area (Å²) in [6, 6.07) is 5.13. The highest BCUT2D eigenvalue weighted by atomic mass is 32.2. The van der Waals surface area contributed by atoms with Gasteiger partial charge < -0.3 is 9.47 Å². The third-order valence-corrected chi connectivity index (χ3v) is 3.45. The Labute approximate surface area is 143 Å². The second-order valence-electron chi connectivity index (χ2n) is 4.36. The van der Waals surface area contributed by atoms with Crippen molar-refractivity contribution in [2.75, 3.05) is 7.11 Å². The number of carbonyl (C=O) groups is 2. The summed E-state index contributed by atoms with van der Waals surface area (Å²) in [7, 11) is 1.17. The molecule has 0 bridgehead atoms. The number of esters is 1. The van der Waals surface area contributed by atoms with Gasteiger partial charge >= 0.3 is 12.3 Å². The molecule has 1 aromatic rings. The van der Waals surface area contributed by atoms with Crippen LogP contribution >= 0.6 is 11.8 Å². The van der Waals surface area contributed by atoms with Crippen LogP contribution in [0.3, 0.4) is 0 Å². The van der Waals surface area contributed by atoms with E-state index in [4.69, 9.17) is 0 Å². The Bertz CT molecular complexity index is 775. The van der Waals surface area contributed by atoms with Gasteiger partial charge in [-0.2, -0.15) is 5.10 Å². The van der Waals surface area contributed by atoms with Crippen LogP contribution in [0.25, 0.3) is 0 Å². The zero-order valence-corrected chi connectivity index (χ0v) is 13.4. The lowest BCUT2D eigenvalue weighted by atomic mass is 10.2. The number of benzene rings is 1. The Morgan fingerprint density at radius 3 is 2.80 bits per heavy atom. The molecule has 0 radical (unpaired) electrons. The molecule has 1 aliphatic heterocycles. The van der Waals surface area contributed by atoms with E-state index in [0.29, 0.717) is 5.56 Å². The normalized spacial score (nSPS) is 18.0. The standard InChI is InChI=1S/C14H10F3N3O4S/c1-23-11(21)6-10-12(22)19-13(25-10)20-18-7-8-3-2-4-9(5-8)24-14(15,16)17/h2-7H,1H3,(H,19,20,22)/b10-6+,18-7?. The Balaban J connectivity index is 2.05. The molecule has 1 saturated heterocycles. The molecule has 1 heterocycles. The van der Waals surface area contributed by atoms with Crippen LogP contribution in [0.1, 0.15) is 5.56 Å². The van der Waals surface area contributed by atoms with Crippen molar-refractivity contribution in [1.29, 1.82) is 0 Å². The molecule has 1 aliphatic rings. The third kappa shape index (κ3) is 5.95. The summed E-state index contributed by atoms with van der Waals surface area (Å²) in [6.45, 7) is 0. The lowest BCUT2D eigenvalue weighted by molar-refractivity contribution is -0.274. The summed E-state index contributed by atoms with van der Waals surface area (Å²) < 4.78 is 44.7. The topological polar surface area (TPSA) is 89.3 Å². The van der Waals surface area contributed by atoms with Gasteiger partial charge in [0.2, 0.25) is 0 Å². The highest BCUT2D eigenvalue weighted by molar-refractivity contribution is 8.18. The van der Waals surface area contributed by atoms with Gasteiger partial charge in [0.15, 0.2) is 5.17 Å². The molecule has 1 fully saturated rings. The quantitative estimate of drug-likeness (QED) is 0.378. The number of amides is 1. The predicted octanol–water partition coefficient (Wildman–Crippen LogP) is 2.19. The number of alkyl halides is 3. The minimum atomic E-state index is -4.79. The molecule has 11 heteroatoms. The Morgan fingerprint density at radius 2 is 2.12 bits per heavy atom. The number of hydrogen-bond acceptors (Lipinski definition) is 7. The molecule has 0 atom stereocenters. The first-order valence-corrected chi connectivity index (χ1v) is 7.34. The number of nitrogens with zero attached hydrogens (tertiary/aromatic N) is 2. The smallest absolute Gasteiger partial charge is 0.466 e. The van der Waals surface area contributed by atoms with E-state index in [0.717, 1.165) is 30.0 Å². The van der Waals surface area contributed by atoms with E-state index in [2.05, 4.69) is 25.0 Å². The molecule has 0 aromatic heterocycles. The molecule has 2 rings (SSSR count). The van der Waals surface area contributed by atoms with Crippen molar-refractivity contribution in [3.05, 3.63) is 40.8 Å². The maximum absolute atomic E-state index is 12.2. The average Bonchev–Trinajstić information content (AvgIpc) is 2.85. The summed E-state index contributed by atoms with van der Waals surface area (Å²) >= 11 is 0.871. The first-order valence-electron chi connectivity index (χ1n) is 6.52. The lowest BCUT2D eigenvalue weighted by Gasteiger charge is -2.08. The molecule has 0 saturated carbocycles. The molecule has 1 aromatic carbocycles. The van der Waals surface area contributed by atoms with E-state index < -0.39 is 24.0 Å². The number of methoxy groups -OCH3 is 1. The van der Waals surface area contributed by atoms with E-state index in [1.807, 2.05) is 0 Å². The third-order valence-electron chi connectivity index (χ3n) is 2.55. The molecule has 0 spiro atoms. The SMILES string of the molecule is COC(=O)/C=C1/S/C(=N\N=Cc2cccc(OC(F)(F)F)c2)NC1=O. The fourth-order valence-corrected chi connectivity index (χ4v) is 2.32. The highest BCUT2D eigenvalue weighted by Crippen LogP contribution is 2.24. The zero-order chi connectivity index (χ0) is 18.4. The van der Waals surface area contributed by atoms with E-state index >= 15 is 0 Å². The van der Waals surface area contributed by atoms with E-state index in [9.17, 15) is 22.8 Å². The van der Waals surface area contributed by atoms with Gasteiger partial charge in [-0.05, 0) is 29.5 Å². The monoisotopic (exact) mass is 373 g/mol. The van der Waals surface area contributed by atoms with Crippen LogP contribution in [0, 0.1) is 0 Å². The number of ether oxygens (including phenoxy) is 2. The maximum atomic E-state index is 12.2. The average molecular weight is 373 g/mol. The summed E-state index contributed by atoms with van der Waals surface area (Å²) in [5, 5.41) is 9.88. The predicted molar refractivity (Wildman–Crippen MR) is 84.0 cm³/mol. The molecule has 7 nitrogen and oxygen atoms in total. The van der Waals surface area contributed by atoms with Crippen LogP contribution in [0.4, 0.5) is 13.2 Å². The maximum Gasteiger partial charge on any atom is 0.573 e. The Morgan fingerprint density at radius 1 is 1.36 bits per heavy atom. The largest absolute Gasteiger partial charge is 0.573 e. The summed E-state index contributed by atoms with van der Waals surface area (Å²) in [5.74, 6) is -1.62. The van der Waals surface area contributed by atoms with Crippen LogP contribution in [-0.4, -0.2) is 36.7 Å².